The summed E-state index contributed by atoms with van der Waals surface area (Å²) in [6.07, 6.45) is 5.18. The first-order chi connectivity index (χ1) is 10.1. The van der Waals surface area contributed by atoms with E-state index in [1.165, 1.54) is 0 Å². The van der Waals surface area contributed by atoms with Crippen molar-refractivity contribution in [2.45, 2.75) is 57.6 Å². The zero-order valence-corrected chi connectivity index (χ0v) is 13.4. The summed E-state index contributed by atoms with van der Waals surface area (Å²) in [5.74, 6) is -0.418. The molecular formula is C16H30N2O3. The van der Waals surface area contributed by atoms with Gasteiger partial charge >= 0.3 is 5.97 Å². The highest BCUT2D eigenvalue weighted by molar-refractivity contribution is 5.79. The van der Waals surface area contributed by atoms with Gasteiger partial charge in [-0.3, -0.25) is 9.69 Å². The fourth-order valence-corrected chi connectivity index (χ4v) is 3.94. The van der Waals surface area contributed by atoms with Gasteiger partial charge < -0.3 is 15.2 Å². The number of morpholine rings is 1. The lowest BCUT2D eigenvalue weighted by Gasteiger charge is -2.36. The van der Waals surface area contributed by atoms with Gasteiger partial charge in [0.15, 0.2) is 0 Å². The molecule has 21 heavy (non-hydrogen) atoms. The zero-order valence-electron chi connectivity index (χ0n) is 13.4. The maximum absolute atomic E-state index is 11.8. The molecule has 0 bridgehead atoms. The Morgan fingerprint density at radius 1 is 1.48 bits per heavy atom. The van der Waals surface area contributed by atoms with Crippen LogP contribution < -0.4 is 5.32 Å². The summed E-state index contributed by atoms with van der Waals surface area (Å²) in [7, 11) is 0. The molecule has 1 aliphatic heterocycles. The minimum atomic E-state index is -0.689. The van der Waals surface area contributed by atoms with Crippen molar-refractivity contribution in [1.82, 2.24) is 10.2 Å². The number of ether oxygens (including phenoxy) is 1. The molecule has 2 rings (SSSR count). The van der Waals surface area contributed by atoms with Gasteiger partial charge in [-0.15, -0.1) is 0 Å². The van der Waals surface area contributed by atoms with Crippen LogP contribution in [0.4, 0.5) is 0 Å². The second kappa shape index (κ2) is 7.56. The van der Waals surface area contributed by atoms with Crippen molar-refractivity contribution in [3.63, 3.8) is 0 Å². The molecule has 1 saturated heterocycles. The maximum Gasteiger partial charge on any atom is 0.324 e. The highest BCUT2D eigenvalue weighted by atomic mass is 16.5. The summed E-state index contributed by atoms with van der Waals surface area (Å²) in [6.45, 7) is 8.64. The Kier molecular flexibility index (Phi) is 6.02. The van der Waals surface area contributed by atoms with Gasteiger partial charge in [0.2, 0.25) is 0 Å². The minimum absolute atomic E-state index is 0.248. The van der Waals surface area contributed by atoms with E-state index in [0.29, 0.717) is 6.10 Å². The monoisotopic (exact) mass is 298 g/mol. The number of carbonyl (C=O) groups is 1. The Bertz CT molecular complexity index is 350. The minimum Gasteiger partial charge on any atom is -0.480 e. The second-order valence-corrected chi connectivity index (χ2v) is 6.39. The van der Waals surface area contributed by atoms with E-state index in [-0.39, 0.29) is 5.92 Å². The van der Waals surface area contributed by atoms with E-state index in [0.717, 1.165) is 64.9 Å². The number of carboxylic acids is 1. The summed E-state index contributed by atoms with van der Waals surface area (Å²) in [5.41, 5.74) is -0.689. The number of rotatable bonds is 7. The van der Waals surface area contributed by atoms with Crippen molar-refractivity contribution in [1.29, 1.82) is 0 Å². The lowest BCUT2D eigenvalue weighted by molar-refractivity contribution is -0.146. The van der Waals surface area contributed by atoms with Crippen LogP contribution in [0.25, 0.3) is 0 Å². The summed E-state index contributed by atoms with van der Waals surface area (Å²) >= 11 is 0. The maximum atomic E-state index is 11.8. The number of carboxylic acid groups (broad SMARTS) is 1. The highest BCUT2D eigenvalue weighted by Crippen LogP contribution is 2.38. The normalized spacial score (nSPS) is 34.2. The van der Waals surface area contributed by atoms with Crippen LogP contribution in [0.15, 0.2) is 0 Å². The molecule has 0 aromatic carbocycles. The molecule has 3 atom stereocenters. The third kappa shape index (κ3) is 3.76. The topological polar surface area (TPSA) is 61.8 Å². The highest BCUT2D eigenvalue weighted by Gasteiger charge is 2.48. The van der Waals surface area contributed by atoms with Crippen LogP contribution in [0.2, 0.25) is 0 Å². The molecule has 2 aliphatic rings. The average molecular weight is 298 g/mol. The molecule has 122 valence electrons. The van der Waals surface area contributed by atoms with Crippen molar-refractivity contribution < 1.29 is 14.6 Å². The first-order valence-corrected chi connectivity index (χ1v) is 8.44. The van der Waals surface area contributed by atoms with E-state index < -0.39 is 11.5 Å². The number of nitrogens with one attached hydrogen (secondary N) is 1. The van der Waals surface area contributed by atoms with E-state index in [2.05, 4.69) is 17.1 Å². The fraction of sp³-hybridized carbons (Fsp3) is 0.938. The van der Waals surface area contributed by atoms with Gasteiger partial charge in [0.25, 0.3) is 0 Å². The van der Waals surface area contributed by atoms with Crippen molar-refractivity contribution in [2.24, 2.45) is 5.92 Å². The Hall–Kier alpha value is -0.650. The quantitative estimate of drug-likeness (QED) is 0.749. The lowest BCUT2D eigenvalue weighted by atomic mass is 9.84. The van der Waals surface area contributed by atoms with E-state index >= 15 is 0 Å². The van der Waals surface area contributed by atoms with E-state index in [1.807, 2.05) is 6.92 Å². The summed E-state index contributed by atoms with van der Waals surface area (Å²) in [6, 6.07) is 0. The number of hydrogen-bond acceptors (Lipinski definition) is 4. The molecule has 0 radical (unpaired) electrons. The lowest BCUT2D eigenvalue weighted by Crippen LogP contribution is -2.55. The molecule has 2 fully saturated rings. The van der Waals surface area contributed by atoms with E-state index in [1.54, 1.807) is 0 Å². The van der Waals surface area contributed by atoms with Crippen LogP contribution in [0.5, 0.6) is 0 Å². The largest absolute Gasteiger partial charge is 0.480 e. The Labute approximate surface area is 128 Å². The predicted octanol–water partition coefficient (Wildman–Crippen LogP) is 1.72. The molecule has 2 N–H and O–H groups in total. The number of likely N-dealkylation sites (N-methyl/N-ethyl adjacent to an activating group) is 1. The van der Waals surface area contributed by atoms with Gasteiger partial charge in [0.1, 0.15) is 5.54 Å². The van der Waals surface area contributed by atoms with Crippen molar-refractivity contribution >= 4 is 5.97 Å². The molecule has 0 aromatic heterocycles. The van der Waals surface area contributed by atoms with Crippen molar-refractivity contribution in [2.75, 3.05) is 32.8 Å². The molecule has 5 nitrogen and oxygen atoms in total. The third-order valence-electron chi connectivity index (χ3n) is 5.17. The Morgan fingerprint density at radius 3 is 2.95 bits per heavy atom. The molecular weight excluding hydrogens is 268 g/mol. The first-order valence-electron chi connectivity index (χ1n) is 8.44. The molecule has 1 aliphatic carbocycles. The molecule has 0 amide bonds. The van der Waals surface area contributed by atoms with E-state index in [4.69, 9.17) is 4.74 Å². The summed E-state index contributed by atoms with van der Waals surface area (Å²) < 4.78 is 5.70. The standard InChI is InChI=1S/C16H30N2O3/c1-3-14-12-18(10-11-21-14)9-7-13-6-5-8-16(13,15(19)20)17-4-2/h13-14,17H,3-12H2,1-2H3,(H,19,20). The van der Waals surface area contributed by atoms with Gasteiger partial charge in [-0.05, 0) is 44.7 Å². The third-order valence-corrected chi connectivity index (χ3v) is 5.17. The summed E-state index contributed by atoms with van der Waals surface area (Å²) in [4.78, 5) is 14.2. The predicted molar refractivity (Wildman–Crippen MR) is 82.5 cm³/mol. The molecule has 1 heterocycles. The molecule has 0 spiro atoms. The molecule has 5 heteroatoms. The van der Waals surface area contributed by atoms with Crippen LogP contribution in [0, 0.1) is 5.92 Å². The SMILES string of the molecule is CCNC1(C(=O)O)CCCC1CCN1CCOC(CC)C1. The van der Waals surface area contributed by atoms with Crippen molar-refractivity contribution in [3.05, 3.63) is 0 Å². The van der Waals surface area contributed by atoms with Crippen LogP contribution in [-0.4, -0.2) is 60.4 Å². The Balaban J connectivity index is 1.90. The van der Waals surface area contributed by atoms with Gasteiger partial charge in [-0.25, -0.2) is 0 Å². The Morgan fingerprint density at radius 2 is 2.29 bits per heavy atom. The van der Waals surface area contributed by atoms with Crippen LogP contribution >= 0.6 is 0 Å². The van der Waals surface area contributed by atoms with E-state index in [9.17, 15) is 9.90 Å². The molecule has 3 unspecified atom stereocenters. The van der Waals surface area contributed by atoms with Crippen LogP contribution in [0.1, 0.15) is 46.0 Å². The van der Waals surface area contributed by atoms with Gasteiger partial charge in [-0.1, -0.05) is 20.3 Å². The van der Waals surface area contributed by atoms with Gasteiger partial charge in [-0.2, -0.15) is 0 Å². The zero-order chi connectivity index (χ0) is 15.3. The second-order valence-electron chi connectivity index (χ2n) is 6.39. The smallest absolute Gasteiger partial charge is 0.324 e. The molecule has 1 saturated carbocycles. The number of aliphatic carboxylic acids is 1. The van der Waals surface area contributed by atoms with Crippen LogP contribution in [-0.2, 0) is 9.53 Å². The number of hydrogen-bond donors (Lipinski definition) is 2. The molecule has 0 aromatic rings. The average Bonchev–Trinajstić information content (AvgIpc) is 2.90. The summed E-state index contributed by atoms with van der Waals surface area (Å²) in [5, 5.41) is 13.0. The van der Waals surface area contributed by atoms with Gasteiger partial charge in [0.05, 0.1) is 12.7 Å². The van der Waals surface area contributed by atoms with Gasteiger partial charge in [0, 0.05) is 13.1 Å². The fourth-order valence-electron chi connectivity index (χ4n) is 3.94. The first kappa shape index (κ1) is 16.7. The number of nitrogens with zero attached hydrogens (tertiary/aromatic N) is 1. The van der Waals surface area contributed by atoms with Crippen LogP contribution in [0.3, 0.4) is 0 Å². The van der Waals surface area contributed by atoms with Crippen molar-refractivity contribution in [3.8, 4) is 0 Å².